The van der Waals surface area contributed by atoms with Crippen LogP contribution in [0.25, 0.3) is 0 Å². The molecule has 1 aromatic carbocycles. The first kappa shape index (κ1) is 15.7. The first-order valence-corrected chi connectivity index (χ1v) is 8.17. The third-order valence-corrected chi connectivity index (χ3v) is 4.91. The van der Waals surface area contributed by atoms with E-state index in [9.17, 15) is 8.78 Å². The summed E-state index contributed by atoms with van der Waals surface area (Å²) in [6.45, 7) is 3.90. The van der Waals surface area contributed by atoms with Gasteiger partial charge in [-0.2, -0.15) is 8.78 Å². The summed E-state index contributed by atoms with van der Waals surface area (Å²) in [5.74, 6) is 0.228. The number of benzene rings is 1. The summed E-state index contributed by atoms with van der Waals surface area (Å²) in [5, 5.41) is 0. The zero-order valence-electron chi connectivity index (χ0n) is 13.0. The Kier molecular flexibility index (Phi) is 4.93. The zero-order chi connectivity index (χ0) is 15.5. The van der Waals surface area contributed by atoms with Gasteiger partial charge in [-0.3, -0.25) is 9.80 Å². The summed E-state index contributed by atoms with van der Waals surface area (Å²) < 4.78 is 28.8. The Morgan fingerprint density at radius 1 is 1.23 bits per heavy atom. The van der Waals surface area contributed by atoms with Crippen LogP contribution >= 0.6 is 0 Å². The Morgan fingerprint density at radius 2 is 2.00 bits per heavy atom. The van der Waals surface area contributed by atoms with Gasteiger partial charge in [0.1, 0.15) is 5.75 Å². The molecule has 2 fully saturated rings. The molecule has 0 bridgehead atoms. The molecule has 0 amide bonds. The normalized spacial score (nSPS) is 26.4. The number of fused-ring (bicyclic) bond motifs is 1. The van der Waals surface area contributed by atoms with Crippen molar-refractivity contribution < 1.29 is 13.5 Å². The zero-order valence-corrected chi connectivity index (χ0v) is 13.0. The van der Waals surface area contributed by atoms with Crippen LogP contribution in [-0.2, 0) is 6.54 Å². The Balaban J connectivity index is 1.63. The third-order valence-electron chi connectivity index (χ3n) is 4.91. The minimum atomic E-state index is -2.76. The standard InChI is InChI=1S/C17H24F2N2O/c1-2-14-11-20-9-3-4-15(20)12-21(14)10-13-5-7-16(8-6-13)22-17(18)19/h5-8,14-15,17H,2-4,9-12H2,1H3. The molecular weight excluding hydrogens is 286 g/mol. The van der Waals surface area contributed by atoms with Gasteiger partial charge < -0.3 is 4.74 Å². The first-order chi connectivity index (χ1) is 10.7. The van der Waals surface area contributed by atoms with E-state index in [2.05, 4.69) is 21.5 Å². The van der Waals surface area contributed by atoms with Crippen molar-refractivity contribution in [3.05, 3.63) is 29.8 Å². The SMILES string of the molecule is CCC1CN2CCCC2CN1Cc1ccc(OC(F)F)cc1. The molecule has 0 saturated carbocycles. The van der Waals surface area contributed by atoms with Crippen LogP contribution in [0.2, 0.25) is 0 Å². The Bertz CT molecular complexity index is 480. The van der Waals surface area contributed by atoms with Crippen molar-refractivity contribution in [1.82, 2.24) is 9.80 Å². The third kappa shape index (κ3) is 3.58. The van der Waals surface area contributed by atoms with E-state index in [1.165, 1.54) is 19.4 Å². The van der Waals surface area contributed by atoms with E-state index >= 15 is 0 Å². The molecular formula is C17H24F2N2O. The van der Waals surface area contributed by atoms with Gasteiger partial charge >= 0.3 is 6.61 Å². The van der Waals surface area contributed by atoms with Gasteiger partial charge in [0.15, 0.2) is 0 Å². The number of ether oxygens (including phenoxy) is 1. The maximum absolute atomic E-state index is 12.2. The molecule has 22 heavy (non-hydrogen) atoms. The van der Waals surface area contributed by atoms with E-state index in [-0.39, 0.29) is 5.75 Å². The van der Waals surface area contributed by atoms with Crippen molar-refractivity contribution in [2.45, 2.75) is 51.4 Å². The van der Waals surface area contributed by atoms with Crippen molar-refractivity contribution in [1.29, 1.82) is 0 Å². The van der Waals surface area contributed by atoms with E-state index in [1.54, 1.807) is 12.1 Å². The van der Waals surface area contributed by atoms with Crippen LogP contribution in [0.15, 0.2) is 24.3 Å². The van der Waals surface area contributed by atoms with Gasteiger partial charge in [-0.1, -0.05) is 19.1 Å². The quantitative estimate of drug-likeness (QED) is 0.829. The Labute approximate surface area is 130 Å². The van der Waals surface area contributed by atoms with Crippen LogP contribution in [0.4, 0.5) is 8.78 Å². The van der Waals surface area contributed by atoms with Crippen molar-refractivity contribution in [2.75, 3.05) is 19.6 Å². The predicted molar refractivity (Wildman–Crippen MR) is 82.2 cm³/mol. The number of rotatable bonds is 5. The van der Waals surface area contributed by atoms with Crippen LogP contribution in [0, 0.1) is 0 Å². The second kappa shape index (κ2) is 6.92. The fraction of sp³-hybridized carbons (Fsp3) is 0.647. The van der Waals surface area contributed by atoms with Gasteiger partial charge in [-0.15, -0.1) is 0 Å². The lowest BCUT2D eigenvalue weighted by molar-refractivity contribution is -0.0498. The molecule has 0 aliphatic carbocycles. The molecule has 3 nitrogen and oxygen atoms in total. The van der Waals surface area contributed by atoms with E-state index in [4.69, 9.17) is 0 Å². The van der Waals surface area contributed by atoms with Crippen molar-refractivity contribution in [3.8, 4) is 5.75 Å². The first-order valence-electron chi connectivity index (χ1n) is 8.17. The average molecular weight is 310 g/mol. The fourth-order valence-electron chi connectivity index (χ4n) is 3.74. The van der Waals surface area contributed by atoms with Crippen LogP contribution in [0.3, 0.4) is 0 Å². The molecule has 1 aromatic rings. The van der Waals surface area contributed by atoms with Gasteiger partial charge in [-0.05, 0) is 43.5 Å². The van der Waals surface area contributed by atoms with Crippen LogP contribution < -0.4 is 4.74 Å². The number of hydrogen-bond donors (Lipinski definition) is 0. The monoisotopic (exact) mass is 310 g/mol. The lowest BCUT2D eigenvalue weighted by Gasteiger charge is -2.43. The molecule has 2 aliphatic rings. The Morgan fingerprint density at radius 3 is 2.68 bits per heavy atom. The number of nitrogens with zero attached hydrogens (tertiary/aromatic N) is 2. The molecule has 2 aliphatic heterocycles. The summed E-state index contributed by atoms with van der Waals surface area (Å²) in [7, 11) is 0. The number of halogens is 2. The van der Waals surface area contributed by atoms with Crippen molar-refractivity contribution in [2.24, 2.45) is 0 Å². The predicted octanol–water partition coefficient (Wildman–Crippen LogP) is 3.35. The van der Waals surface area contributed by atoms with E-state index in [0.29, 0.717) is 12.1 Å². The summed E-state index contributed by atoms with van der Waals surface area (Å²) in [4.78, 5) is 5.18. The highest BCUT2D eigenvalue weighted by Gasteiger charge is 2.35. The number of piperazine rings is 1. The molecule has 2 atom stereocenters. The van der Waals surface area contributed by atoms with Crippen LogP contribution in [0.1, 0.15) is 31.7 Å². The molecule has 5 heteroatoms. The molecule has 0 N–H and O–H groups in total. The van der Waals surface area contributed by atoms with Gasteiger partial charge in [0, 0.05) is 31.7 Å². The second-order valence-electron chi connectivity index (χ2n) is 6.30. The molecule has 0 radical (unpaired) electrons. The minimum Gasteiger partial charge on any atom is -0.435 e. The smallest absolute Gasteiger partial charge is 0.387 e. The summed E-state index contributed by atoms with van der Waals surface area (Å²) >= 11 is 0. The lowest BCUT2D eigenvalue weighted by Crippen LogP contribution is -2.55. The number of hydrogen-bond acceptors (Lipinski definition) is 3. The molecule has 122 valence electrons. The highest BCUT2D eigenvalue weighted by Crippen LogP contribution is 2.27. The van der Waals surface area contributed by atoms with E-state index in [1.807, 2.05) is 12.1 Å². The molecule has 0 aromatic heterocycles. The minimum absolute atomic E-state index is 0.228. The topological polar surface area (TPSA) is 15.7 Å². The van der Waals surface area contributed by atoms with E-state index < -0.39 is 6.61 Å². The van der Waals surface area contributed by atoms with E-state index in [0.717, 1.165) is 31.6 Å². The van der Waals surface area contributed by atoms with Crippen LogP contribution in [0.5, 0.6) is 5.75 Å². The largest absolute Gasteiger partial charge is 0.435 e. The summed E-state index contributed by atoms with van der Waals surface area (Å²) in [6, 6.07) is 8.34. The molecule has 0 spiro atoms. The van der Waals surface area contributed by atoms with Crippen LogP contribution in [-0.4, -0.2) is 48.1 Å². The van der Waals surface area contributed by atoms with Crippen molar-refractivity contribution in [3.63, 3.8) is 0 Å². The van der Waals surface area contributed by atoms with Gasteiger partial charge in [-0.25, -0.2) is 0 Å². The highest BCUT2D eigenvalue weighted by molar-refractivity contribution is 5.27. The molecule has 2 unspecified atom stereocenters. The highest BCUT2D eigenvalue weighted by atomic mass is 19.3. The molecule has 2 saturated heterocycles. The summed E-state index contributed by atoms with van der Waals surface area (Å²) in [6.07, 6.45) is 3.76. The van der Waals surface area contributed by atoms with Crippen molar-refractivity contribution >= 4 is 0 Å². The fourth-order valence-corrected chi connectivity index (χ4v) is 3.74. The van der Waals surface area contributed by atoms with Gasteiger partial charge in [0.2, 0.25) is 0 Å². The lowest BCUT2D eigenvalue weighted by atomic mass is 10.0. The Hall–Kier alpha value is -1.20. The molecule has 2 heterocycles. The van der Waals surface area contributed by atoms with Gasteiger partial charge in [0.05, 0.1) is 0 Å². The van der Waals surface area contributed by atoms with Gasteiger partial charge in [0.25, 0.3) is 0 Å². The number of alkyl halides is 2. The maximum Gasteiger partial charge on any atom is 0.387 e. The second-order valence-corrected chi connectivity index (χ2v) is 6.30. The molecule has 3 rings (SSSR count). The summed E-state index contributed by atoms with van der Waals surface area (Å²) in [5.41, 5.74) is 1.16. The average Bonchev–Trinajstić information content (AvgIpc) is 2.95. The maximum atomic E-state index is 12.2.